The van der Waals surface area contributed by atoms with E-state index in [0.717, 1.165) is 11.3 Å². The van der Waals surface area contributed by atoms with Gasteiger partial charge in [-0.2, -0.15) is 10.1 Å². The van der Waals surface area contributed by atoms with Gasteiger partial charge in [-0.15, -0.1) is 0 Å². The molecule has 0 unspecified atom stereocenters. The molecule has 29 heavy (non-hydrogen) atoms. The highest BCUT2D eigenvalue weighted by Crippen LogP contribution is 2.23. The van der Waals surface area contributed by atoms with Crippen LogP contribution < -0.4 is 5.32 Å². The van der Waals surface area contributed by atoms with Crippen molar-refractivity contribution in [2.45, 2.75) is 20.4 Å². The first-order valence-electron chi connectivity index (χ1n) is 9.02. The molecule has 1 amide bonds. The third kappa shape index (κ3) is 4.16. The van der Waals surface area contributed by atoms with Crippen LogP contribution in [0, 0.1) is 13.8 Å². The molecule has 0 aliphatic rings. The van der Waals surface area contributed by atoms with E-state index < -0.39 is 6.09 Å². The van der Waals surface area contributed by atoms with Crippen molar-refractivity contribution in [3.05, 3.63) is 71.4 Å². The highest BCUT2D eigenvalue weighted by molar-refractivity contribution is 5.83. The molecule has 0 saturated heterocycles. The van der Waals surface area contributed by atoms with E-state index in [9.17, 15) is 4.79 Å². The van der Waals surface area contributed by atoms with Gasteiger partial charge in [0.15, 0.2) is 5.69 Å². The molecule has 146 valence electrons. The topological polar surface area (TPSA) is 106 Å². The molecule has 0 saturated carbocycles. The van der Waals surface area contributed by atoms with Crippen LogP contribution in [0.4, 0.5) is 10.5 Å². The average Bonchev–Trinajstić information content (AvgIpc) is 3.31. The summed E-state index contributed by atoms with van der Waals surface area (Å²) in [6.07, 6.45) is -1.11. The van der Waals surface area contributed by atoms with Gasteiger partial charge in [-0.1, -0.05) is 35.0 Å². The largest absolute Gasteiger partial charge is 0.465 e. The van der Waals surface area contributed by atoms with E-state index in [4.69, 9.17) is 9.63 Å². The van der Waals surface area contributed by atoms with E-state index >= 15 is 0 Å². The van der Waals surface area contributed by atoms with Crippen molar-refractivity contribution in [1.82, 2.24) is 19.9 Å². The number of amides is 1. The Balaban J connectivity index is 1.53. The molecule has 0 atom stereocenters. The van der Waals surface area contributed by atoms with Gasteiger partial charge in [0.2, 0.25) is 5.82 Å². The van der Waals surface area contributed by atoms with Crippen molar-refractivity contribution >= 4 is 11.8 Å². The van der Waals surface area contributed by atoms with E-state index in [-0.39, 0.29) is 0 Å². The molecular formula is C21H19N5O3. The molecule has 2 heterocycles. The molecule has 0 aliphatic carbocycles. The predicted octanol–water partition coefficient (Wildman–Crippen LogP) is 4.36. The van der Waals surface area contributed by atoms with Gasteiger partial charge in [0, 0.05) is 16.9 Å². The van der Waals surface area contributed by atoms with Crippen molar-refractivity contribution in [2.75, 3.05) is 5.32 Å². The quantitative estimate of drug-likeness (QED) is 0.525. The molecular weight excluding hydrogens is 370 g/mol. The maximum atomic E-state index is 10.7. The van der Waals surface area contributed by atoms with Crippen molar-refractivity contribution in [3.8, 4) is 23.0 Å². The van der Waals surface area contributed by atoms with Crippen molar-refractivity contribution in [3.63, 3.8) is 0 Å². The Morgan fingerprint density at radius 3 is 2.52 bits per heavy atom. The van der Waals surface area contributed by atoms with Crippen LogP contribution in [0.1, 0.15) is 16.8 Å². The third-order valence-corrected chi connectivity index (χ3v) is 4.47. The summed E-state index contributed by atoms with van der Waals surface area (Å²) < 4.78 is 7.29. The first-order chi connectivity index (χ1) is 14.0. The molecule has 0 spiro atoms. The second-order valence-electron chi connectivity index (χ2n) is 6.74. The van der Waals surface area contributed by atoms with Crippen LogP contribution >= 0.6 is 0 Å². The van der Waals surface area contributed by atoms with Gasteiger partial charge in [0.1, 0.15) is 0 Å². The number of carbonyl (C=O) groups is 1. The first-order valence-corrected chi connectivity index (χ1v) is 9.02. The van der Waals surface area contributed by atoms with E-state index in [0.29, 0.717) is 35.2 Å². The zero-order valence-electron chi connectivity index (χ0n) is 16.0. The number of aromatic nitrogens is 4. The second kappa shape index (κ2) is 7.59. The minimum absolute atomic E-state index is 0.332. The fraction of sp³-hybridized carbons (Fsp3) is 0.143. The smallest absolute Gasteiger partial charge is 0.409 e. The van der Waals surface area contributed by atoms with Gasteiger partial charge >= 0.3 is 6.09 Å². The highest BCUT2D eigenvalue weighted by Gasteiger charge is 2.15. The normalized spacial score (nSPS) is 10.8. The van der Waals surface area contributed by atoms with Gasteiger partial charge < -0.3 is 9.63 Å². The van der Waals surface area contributed by atoms with E-state index in [1.165, 1.54) is 5.56 Å². The van der Waals surface area contributed by atoms with E-state index in [1.807, 2.05) is 17.7 Å². The van der Waals surface area contributed by atoms with Crippen molar-refractivity contribution < 1.29 is 14.4 Å². The number of nitrogens with one attached hydrogen (secondary N) is 1. The molecule has 0 radical (unpaired) electrons. The summed E-state index contributed by atoms with van der Waals surface area (Å²) in [6, 6.07) is 17.0. The summed E-state index contributed by atoms with van der Waals surface area (Å²) in [6.45, 7) is 4.70. The maximum absolute atomic E-state index is 10.7. The molecule has 0 aliphatic heterocycles. The summed E-state index contributed by atoms with van der Waals surface area (Å²) in [5.41, 5.74) is 5.16. The van der Waals surface area contributed by atoms with Gasteiger partial charge in [-0.05, 0) is 49.7 Å². The Bertz CT molecular complexity index is 1140. The average molecular weight is 389 g/mol. The van der Waals surface area contributed by atoms with E-state index in [2.05, 4.69) is 51.7 Å². The van der Waals surface area contributed by atoms with Crippen LogP contribution in [0.3, 0.4) is 0 Å². The number of benzene rings is 2. The fourth-order valence-electron chi connectivity index (χ4n) is 2.91. The lowest BCUT2D eigenvalue weighted by Gasteiger charge is -2.04. The van der Waals surface area contributed by atoms with Crippen LogP contribution in [0.25, 0.3) is 23.0 Å². The van der Waals surface area contributed by atoms with Gasteiger partial charge in [0.05, 0.1) is 6.54 Å². The number of hydrogen-bond donors (Lipinski definition) is 2. The van der Waals surface area contributed by atoms with Gasteiger partial charge in [-0.25, -0.2) is 4.79 Å². The number of hydrogen-bond acceptors (Lipinski definition) is 5. The van der Waals surface area contributed by atoms with Crippen LogP contribution in [-0.4, -0.2) is 31.1 Å². The molecule has 4 rings (SSSR count). The van der Waals surface area contributed by atoms with Gasteiger partial charge in [0.25, 0.3) is 5.89 Å². The molecule has 2 aromatic carbocycles. The Labute approximate surface area is 166 Å². The molecule has 8 heteroatoms. The Morgan fingerprint density at radius 2 is 1.83 bits per heavy atom. The summed E-state index contributed by atoms with van der Waals surface area (Å²) in [4.78, 5) is 15.1. The predicted molar refractivity (Wildman–Crippen MR) is 108 cm³/mol. The molecule has 2 N–H and O–H groups in total. The number of carboxylic acid groups (broad SMARTS) is 1. The van der Waals surface area contributed by atoms with Crippen LogP contribution in [0.15, 0.2) is 59.1 Å². The minimum Gasteiger partial charge on any atom is -0.465 e. The number of nitrogens with zero attached hydrogens (tertiary/aromatic N) is 4. The number of anilines is 1. The Hall–Kier alpha value is -3.94. The van der Waals surface area contributed by atoms with Crippen molar-refractivity contribution in [2.24, 2.45) is 0 Å². The molecule has 8 nitrogen and oxygen atoms in total. The SMILES string of the molecule is Cc1ccc(Cn2nc(-c3nc(-c4ccc(NC(=O)O)cc4)no3)cc2C)cc1. The first kappa shape index (κ1) is 18.4. The number of aryl methyl sites for hydroxylation is 2. The highest BCUT2D eigenvalue weighted by atomic mass is 16.5. The lowest BCUT2D eigenvalue weighted by molar-refractivity contribution is 0.210. The number of rotatable bonds is 5. The fourth-order valence-corrected chi connectivity index (χ4v) is 2.91. The minimum atomic E-state index is -1.11. The molecule has 2 aromatic heterocycles. The summed E-state index contributed by atoms with van der Waals surface area (Å²) in [7, 11) is 0. The van der Waals surface area contributed by atoms with E-state index in [1.54, 1.807) is 24.3 Å². The van der Waals surface area contributed by atoms with Crippen molar-refractivity contribution in [1.29, 1.82) is 0 Å². The van der Waals surface area contributed by atoms with Gasteiger partial charge in [-0.3, -0.25) is 10.00 Å². The monoisotopic (exact) mass is 389 g/mol. The second-order valence-corrected chi connectivity index (χ2v) is 6.74. The Kier molecular flexibility index (Phi) is 4.82. The standard InChI is InChI=1S/C21H19N5O3/c1-13-3-5-15(6-4-13)12-26-14(2)11-18(24-26)20-23-19(25-29-20)16-7-9-17(10-8-16)22-21(27)28/h3-11,22H,12H2,1-2H3,(H,27,28). The maximum Gasteiger partial charge on any atom is 0.409 e. The lowest BCUT2D eigenvalue weighted by atomic mass is 10.1. The summed E-state index contributed by atoms with van der Waals surface area (Å²) in [5, 5.41) is 19.6. The zero-order chi connectivity index (χ0) is 20.4. The molecule has 0 fully saturated rings. The molecule has 4 aromatic rings. The zero-order valence-corrected chi connectivity index (χ0v) is 16.0. The molecule has 0 bridgehead atoms. The van der Waals surface area contributed by atoms with Crippen LogP contribution in [0.5, 0.6) is 0 Å². The Morgan fingerprint density at radius 1 is 1.10 bits per heavy atom. The van der Waals surface area contributed by atoms with Crippen LogP contribution in [0.2, 0.25) is 0 Å². The summed E-state index contributed by atoms with van der Waals surface area (Å²) >= 11 is 0. The summed E-state index contributed by atoms with van der Waals surface area (Å²) in [5.74, 6) is 0.742. The lowest BCUT2D eigenvalue weighted by Crippen LogP contribution is -2.06. The third-order valence-electron chi connectivity index (χ3n) is 4.47. The van der Waals surface area contributed by atoms with Crippen LogP contribution in [-0.2, 0) is 6.54 Å².